The number of aryl methyl sites for hydroxylation is 1. The summed E-state index contributed by atoms with van der Waals surface area (Å²) in [4.78, 5) is 11.4. The number of benzene rings is 1. The topological polar surface area (TPSA) is 81.7 Å². The van der Waals surface area contributed by atoms with E-state index in [4.69, 9.17) is 9.47 Å². The molecule has 0 unspecified atom stereocenters. The van der Waals surface area contributed by atoms with Crippen LogP contribution in [-0.2, 0) is 26.0 Å². The van der Waals surface area contributed by atoms with Gasteiger partial charge in [0.15, 0.2) is 0 Å². The molecular weight excluding hydrogens is 342 g/mol. The van der Waals surface area contributed by atoms with Gasteiger partial charge in [0.25, 0.3) is 0 Å². The van der Waals surface area contributed by atoms with E-state index in [1.807, 2.05) is 29.0 Å². The SMILES string of the molecule is CS(=O)(=O)NC(=O)CCCc1ccc(OCCC2CCOCC2)cc1. The lowest BCUT2D eigenvalue weighted by Gasteiger charge is -2.21. The molecule has 7 heteroatoms. The number of hydrogen-bond acceptors (Lipinski definition) is 5. The number of hydrogen-bond donors (Lipinski definition) is 1. The minimum absolute atomic E-state index is 0.191. The molecule has 0 saturated carbocycles. The van der Waals surface area contributed by atoms with E-state index >= 15 is 0 Å². The number of ether oxygens (including phenoxy) is 2. The molecule has 1 amide bonds. The summed E-state index contributed by atoms with van der Waals surface area (Å²) < 4.78 is 35.0. The molecule has 0 atom stereocenters. The minimum Gasteiger partial charge on any atom is -0.494 e. The van der Waals surface area contributed by atoms with Crippen LogP contribution in [0.15, 0.2) is 24.3 Å². The van der Waals surface area contributed by atoms with Crippen LogP contribution in [0.4, 0.5) is 0 Å². The Balaban J connectivity index is 1.64. The van der Waals surface area contributed by atoms with Gasteiger partial charge in [-0.1, -0.05) is 12.1 Å². The van der Waals surface area contributed by atoms with Gasteiger partial charge in [-0.25, -0.2) is 8.42 Å². The molecule has 0 aromatic heterocycles. The van der Waals surface area contributed by atoms with Gasteiger partial charge in [-0.2, -0.15) is 0 Å². The molecule has 25 heavy (non-hydrogen) atoms. The summed E-state index contributed by atoms with van der Waals surface area (Å²) in [6, 6.07) is 7.85. The zero-order valence-electron chi connectivity index (χ0n) is 14.7. The predicted molar refractivity (Wildman–Crippen MR) is 96.0 cm³/mol. The van der Waals surface area contributed by atoms with E-state index in [1.165, 1.54) is 0 Å². The average Bonchev–Trinajstić information content (AvgIpc) is 2.56. The Morgan fingerprint density at radius 1 is 1.24 bits per heavy atom. The van der Waals surface area contributed by atoms with Crippen LogP contribution in [0.5, 0.6) is 5.75 Å². The molecule has 0 aliphatic carbocycles. The fraction of sp³-hybridized carbons (Fsp3) is 0.611. The van der Waals surface area contributed by atoms with Crippen molar-refractivity contribution in [3.05, 3.63) is 29.8 Å². The number of carbonyl (C=O) groups is 1. The van der Waals surface area contributed by atoms with Gasteiger partial charge in [0.2, 0.25) is 15.9 Å². The highest BCUT2D eigenvalue weighted by Gasteiger charge is 2.13. The summed E-state index contributed by atoms with van der Waals surface area (Å²) in [5, 5.41) is 0. The van der Waals surface area contributed by atoms with Crippen molar-refractivity contribution >= 4 is 15.9 Å². The maximum absolute atomic E-state index is 11.4. The van der Waals surface area contributed by atoms with Crippen LogP contribution in [0.1, 0.15) is 37.7 Å². The predicted octanol–water partition coefficient (Wildman–Crippen LogP) is 2.28. The molecule has 1 heterocycles. The first kappa shape index (κ1) is 19.7. The smallest absolute Gasteiger partial charge is 0.233 e. The Hall–Kier alpha value is -1.60. The van der Waals surface area contributed by atoms with Crippen LogP contribution in [0.2, 0.25) is 0 Å². The zero-order chi connectivity index (χ0) is 18.1. The summed E-state index contributed by atoms with van der Waals surface area (Å²) in [6.45, 7) is 2.44. The van der Waals surface area contributed by atoms with Crippen molar-refractivity contribution in [1.29, 1.82) is 0 Å². The van der Waals surface area contributed by atoms with Crippen LogP contribution < -0.4 is 9.46 Å². The second-order valence-electron chi connectivity index (χ2n) is 6.49. The summed E-state index contributed by atoms with van der Waals surface area (Å²) in [5.41, 5.74) is 1.10. The third-order valence-corrected chi connectivity index (χ3v) is 4.83. The van der Waals surface area contributed by atoms with Crippen molar-refractivity contribution < 1.29 is 22.7 Å². The molecule has 1 fully saturated rings. The zero-order valence-corrected chi connectivity index (χ0v) is 15.5. The van der Waals surface area contributed by atoms with Gasteiger partial charge < -0.3 is 9.47 Å². The average molecular weight is 369 g/mol. The van der Waals surface area contributed by atoms with E-state index in [9.17, 15) is 13.2 Å². The molecule has 0 radical (unpaired) electrons. The Labute approximate surface area is 150 Å². The number of sulfonamides is 1. The van der Waals surface area contributed by atoms with Crippen molar-refractivity contribution in [2.75, 3.05) is 26.1 Å². The van der Waals surface area contributed by atoms with Crippen LogP contribution in [-0.4, -0.2) is 40.4 Å². The third kappa shape index (κ3) is 8.36. The van der Waals surface area contributed by atoms with Crippen LogP contribution >= 0.6 is 0 Å². The Morgan fingerprint density at radius 2 is 1.92 bits per heavy atom. The fourth-order valence-corrected chi connectivity index (χ4v) is 3.36. The number of amides is 1. The van der Waals surface area contributed by atoms with Gasteiger partial charge in [-0.15, -0.1) is 0 Å². The highest BCUT2D eigenvalue weighted by atomic mass is 32.2. The first-order valence-electron chi connectivity index (χ1n) is 8.72. The monoisotopic (exact) mass is 369 g/mol. The highest BCUT2D eigenvalue weighted by Crippen LogP contribution is 2.20. The fourth-order valence-electron chi connectivity index (χ4n) is 2.84. The van der Waals surface area contributed by atoms with Gasteiger partial charge in [0.05, 0.1) is 12.9 Å². The normalized spacial score (nSPS) is 15.7. The number of rotatable bonds is 9. The van der Waals surface area contributed by atoms with E-state index in [0.717, 1.165) is 63.1 Å². The molecule has 0 bridgehead atoms. The van der Waals surface area contributed by atoms with Crippen molar-refractivity contribution in [3.8, 4) is 5.75 Å². The molecule has 1 saturated heterocycles. The minimum atomic E-state index is -3.46. The van der Waals surface area contributed by atoms with Crippen molar-refractivity contribution in [1.82, 2.24) is 4.72 Å². The molecule has 2 rings (SSSR count). The molecule has 1 aliphatic rings. The molecule has 1 aromatic rings. The number of nitrogens with one attached hydrogen (secondary N) is 1. The molecule has 140 valence electrons. The molecule has 1 aliphatic heterocycles. The van der Waals surface area contributed by atoms with E-state index in [1.54, 1.807) is 0 Å². The van der Waals surface area contributed by atoms with Gasteiger partial charge >= 0.3 is 0 Å². The van der Waals surface area contributed by atoms with Crippen LogP contribution in [0, 0.1) is 5.92 Å². The maximum atomic E-state index is 11.4. The molecular formula is C18H27NO5S. The van der Waals surface area contributed by atoms with E-state index in [-0.39, 0.29) is 6.42 Å². The number of carbonyl (C=O) groups excluding carboxylic acids is 1. The van der Waals surface area contributed by atoms with E-state index in [2.05, 4.69) is 0 Å². The Bertz CT molecular complexity index is 636. The molecule has 0 spiro atoms. The third-order valence-electron chi connectivity index (χ3n) is 4.23. The second kappa shape index (κ2) is 9.77. The maximum Gasteiger partial charge on any atom is 0.233 e. The summed E-state index contributed by atoms with van der Waals surface area (Å²) in [6.07, 6.45) is 5.79. The van der Waals surface area contributed by atoms with Crippen molar-refractivity contribution in [2.24, 2.45) is 5.92 Å². The molecule has 6 nitrogen and oxygen atoms in total. The Kier molecular flexibility index (Phi) is 7.71. The lowest BCUT2D eigenvalue weighted by molar-refractivity contribution is -0.119. The molecule has 1 N–H and O–H groups in total. The standard InChI is InChI=1S/C18H27NO5S/c1-25(21,22)19-18(20)4-2-3-15-5-7-17(8-6-15)24-14-11-16-9-12-23-13-10-16/h5-8,16H,2-4,9-14H2,1H3,(H,19,20). The summed E-state index contributed by atoms with van der Waals surface area (Å²) in [7, 11) is -3.46. The molecule has 1 aromatic carbocycles. The van der Waals surface area contributed by atoms with E-state index < -0.39 is 15.9 Å². The lowest BCUT2D eigenvalue weighted by atomic mass is 9.97. The summed E-state index contributed by atoms with van der Waals surface area (Å²) >= 11 is 0. The second-order valence-corrected chi connectivity index (χ2v) is 8.24. The highest BCUT2D eigenvalue weighted by molar-refractivity contribution is 7.89. The summed E-state index contributed by atoms with van der Waals surface area (Å²) in [5.74, 6) is 1.09. The Morgan fingerprint density at radius 3 is 2.56 bits per heavy atom. The van der Waals surface area contributed by atoms with Gasteiger partial charge in [0.1, 0.15) is 5.75 Å². The largest absolute Gasteiger partial charge is 0.494 e. The quantitative estimate of drug-likeness (QED) is 0.722. The van der Waals surface area contributed by atoms with Crippen LogP contribution in [0.25, 0.3) is 0 Å². The van der Waals surface area contributed by atoms with Gasteiger partial charge in [-0.05, 0) is 55.7 Å². The van der Waals surface area contributed by atoms with Crippen LogP contribution in [0.3, 0.4) is 0 Å². The first-order valence-corrected chi connectivity index (χ1v) is 10.6. The van der Waals surface area contributed by atoms with Gasteiger partial charge in [0, 0.05) is 19.6 Å². The first-order chi connectivity index (χ1) is 11.9. The lowest BCUT2D eigenvalue weighted by Crippen LogP contribution is -2.29. The van der Waals surface area contributed by atoms with E-state index in [0.29, 0.717) is 12.3 Å². The van der Waals surface area contributed by atoms with Crippen molar-refractivity contribution in [3.63, 3.8) is 0 Å². The van der Waals surface area contributed by atoms with Gasteiger partial charge in [-0.3, -0.25) is 9.52 Å². The van der Waals surface area contributed by atoms with Crippen molar-refractivity contribution in [2.45, 2.75) is 38.5 Å².